The summed E-state index contributed by atoms with van der Waals surface area (Å²) in [5, 5.41) is 21.4. The average Bonchev–Trinajstić information content (AvgIpc) is 3.16. The number of hydrogen-bond acceptors (Lipinski definition) is 9. The van der Waals surface area contributed by atoms with E-state index >= 15 is 0 Å². The Balaban J connectivity index is 0.000000430. The lowest BCUT2D eigenvalue weighted by atomic mass is 10.0. The van der Waals surface area contributed by atoms with Crippen molar-refractivity contribution in [1.29, 1.82) is 0 Å². The topological polar surface area (TPSA) is 180 Å². The molecule has 47 heavy (non-hydrogen) atoms. The van der Waals surface area contributed by atoms with Crippen molar-refractivity contribution >= 4 is 29.5 Å². The van der Waals surface area contributed by atoms with Crippen LogP contribution in [-0.4, -0.2) is 118 Å². The van der Waals surface area contributed by atoms with Gasteiger partial charge in [0.1, 0.15) is 12.2 Å². The monoisotopic (exact) mass is 696 g/mol. The van der Waals surface area contributed by atoms with Gasteiger partial charge in [0, 0.05) is 32.0 Å². The highest BCUT2D eigenvalue weighted by atomic mass is 19.4. The quantitative estimate of drug-likeness (QED) is 0.400. The van der Waals surface area contributed by atoms with Gasteiger partial charge in [-0.25, -0.2) is 14.4 Å². The summed E-state index contributed by atoms with van der Waals surface area (Å²) in [5.41, 5.74) is 1.26. The zero-order valence-electron chi connectivity index (χ0n) is 23.6. The highest BCUT2D eigenvalue weighted by Gasteiger charge is 2.43. The van der Waals surface area contributed by atoms with Crippen molar-refractivity contribution in [1.82, 2.24) is 14.9 Å². The van der Waals surface area contributed by atoms with E-state index < -0.39 is 42.0 Å². The minimum absolute atomic E-state index is 0.0513. The molecule has 2 aromatic heterocycles. The molecule has 1 unspecified atom stereocenters. The number of hydrogen-bond donors (Lipinski definition) is 3. The smallest absolute Gasteiger partial charge is 0.475 e. The van der Waals surface area contributed by atoms with Crippen LogP contribution in [0.2, 0.25) is 0 Å². The number of carboxylic acids is 3. The summed E-state index contributed by atoms with van der Waals surface area (Å²) >= 11 is 0. The van der Waals surface area contributed by atoms with Crippen LogP contribution in [0.25, 0.3) is 0 Å². The second-order valence-corrected chi connectivity index (χ2v) is 9.16. The molecular formula is C25H25F9N4O9. The fraction of sp³-hybridized carbons (Fsp3) is 0.440. The number of amides is 1. The summed E-state index contributed by atoms with van der Waals surface area (Å²) in [7, 11) is 0. The Hall–Kier alpha value is -4.57. The number of halogens is 9. The van der Waals surface area contributed by atoms with E-state index in [-0.39, 0.29) is 12.5 Å². The maximum atomic E-state index is 12.4. The van der Waals surface area contributed by atoms with E-state index in [1.54, 1.807) is 23.5 Å². The Bertz CT molecular complexity index is 1260. The number of aliphatic carboxylic acids is 3. The molecule has 4 heterocycles. The van der Waals surface area contributed by atoms with E-state index in [9.17, 15) is 44.3 Å². The third kappa shape index (κ3) is 15.0. The summed E-state index contributed by atoms with van der Waals surface area (Å²) in [6.45, 7) is 3.84. The minimum atomic E-state index is -5.08. The molecule has 2 aliphatic heterocycles. The SMILES string of the molecule is O=C(O)C(F)(F)F.O=C(O)C(F)(F)F.O=C(O)C(F)(F)F.O=C1COC2(COCCN(Cc3ccccn3)C2)CN1c1cccnc1. The Morgan fingerprint density at radius 1 is 0.830 bits per heavy atom. The Kier molecular flexibility index (Phi) is 15.0. The molecule has 0 aromatic carbocycles. The fourth-order valence-electron chi connectivity index (χ4n) is 3.49. The van der Waals surface area contributed by atoms with Gasteiger partial charge in [0.2, 0.25) is 0 Å². The number of ether oxygens (including phenoxy) is 2. The number of alkyl halides is 9. The van der Waals surface area contributed by atoms with Crippen molar-refractivity contribution in [2.75, 3.05) is 44.4 Å². The number of rotatable bonds is 3. The molecule has 4 rings (SSSR count). The fourth-order valence-corrected chi connectivity index (χ4v) is 3.49. The van der Waals surface area contributed by atoms with Gasteiger partial charge in [-0.15, -0.1) is 0 Å². The first kappa shape index (κ1) is 40.5. The number of carbonyl (C=O) groups is 4. The third-order valence-electron chi connectivity index (χ3n) is 5.47. The normalized spacial score (nSPS) is 18.7. The summed E-state index contributed by atoms with van der Waals surface area (Å²) in [6.07, 6.45) is -10.0. The first-order chi connectivity index (χ1) is 21.6. The molecule has 0 radical (unpaired) electrons. The van der Waals surface area contributed by atoms with Crippen LogP contribution in [0.1, 0.15) is 5.69 Å². The number of anilines is 1. The van der Waals surface area contributed by atoms with Crippen molar-refractivity contribution in [2.24, 2.45) is 0 Å². The molecular weight excluding hydrogens is 671 g/mol. The number of carbonyl (C=O) groups excluding carboxylic acids is 1. The molecule has 1 spiro atoms. The molecule has 22 heteroatoms. The maximum absolute atomic E-state index is 12.4. The van der Waals surface area contributed by atoms with Gasteiger partial charge in [0.05, 0.1) is 37.3 Å². The summed E-state index contributed by atoms with van der Waals surface area (Å²) in [6, 6.07) is 9.66. The van der Waals surface area contributed by atoms with Crippen LogP contribution in [0.15, 0.2) is 48.9 Å². The van der Waals surface area contributed by atoms with Gasteiger partial charge < -0.3 is 29.7 Å². The third-order valence-corrected chi connectivity index (χ3v) is 5.47. The molecule has 2 saturated heterocycles. The summed E-state index contributed by atoms with van der Waals surface area (Å²) < 4.78 is 107. The van der Waals surface area contributed by atoms with Crippen LogP contribution in [0.3, 0.4) is 0 Å². The Labute approximate surface area is 258 Å². The first-order valence-electron chi connectivity index (χ1n) is 12.5. The second kappa shape index (κ2) is 17.4. The molecule has 2 aromatic rings. The molecule has 0 aliphatic carbocycles. The lowest BCUT2D eigenvalue weighted by molar-refractivity contribution is -0.193. The summed E-state index contributed by atoms with van der Waals surface area (Å²) in [5.74, 6) is -8.32. The summed E-state index contributed by atoms with van der Waals surface area (Å²) in [4.78, 5) is 51.7. The number of nitrogens with zero attached hydrogens (tertiary/aromatic N) is 4. The van der Waals surface area contributed by atoms with Gasteiger partial charge in [-0.3, -0.25) is 19.7 Å². The average molecular weight is 696 g/mol. The van der Waals surface area contributed by atoms with E-state index in [2.05, 4.69) is 14.9 Å². The van der Waals surface area contributed by atoms with E-state index in [1.165, 1.54) is 0 Å². The van der Waals surface area contributed by atoms with Gasteiger partial charge in [-0.05, 0) is 24.3 Å². The van der Waals surface area contributed by atoms with E-state index in [4.69, 9.17) is 39.2 Å². The predicted molar refractivity (Wildman–Crippen MR) is 137 cm³/mol. The molecule has 2 fully saturated rings. The molecule has 2 aliphatic rings. The van der Waals surface area contributed by atoms with E-state index in [0.29, 0.717) is 26.3 Å². The van der Waals surface area contributed by atoms with Crippen molar-refractivity contribution in [3.8, 4) is 0 Å². The zero-order valence-corrected chi connectivity index (χ0v) is 23.6. The molecule has 13 nitrogen and oxygen atoms in total. The lowest BCUT2D eigenvalue weighted by Gasteiger charge is -2.42. The van der Waals surface area contributed by atoms with Gasteiger partial charge >= 0.3 is 36.4 Å². The minimum Gasteiger partial charge on any atom is -0.475 e. The van der Waals surface area contributed by atoms with Crippen LogP contribution in [-0.2, 0) is 35.2 Å². The molecule has 1 atom stereocenters. The highest BCUT2D eigenvalue weighted by Crippen LogP contribution is 2.27. The molecule has 3 N–H and O–H groups in total. The predicted octanol–water partition coefficient (Wildman–Crippen LogP) is 3.01. The van der Waals surface area contributed by atoms with Crippen LogP contribution in [0.5, 0.6) is 0 Å². The van der Waals surface area contributed by atoms with Gasteiger partial charge in [-0.2, -0.15) is 39.5 Å². The number of carboxylic acid groups (broad SMARTS) is 3. The standard InChI is InChI=1S/C19H22N4O3.3C2HF3O2/c24-18-12-26-19(14-23(18)17-5-3-6-20-10-17)13-22(8-9-25-15-19)11-16-4-1-2-7-21-16;3*3-2(4,5)1(6)7/h1-7,10H,8-9,11-15H2;3*(H,6,7). The van der Waals surface area contributed by atoms with Gasteiger partial charge in [0.15, 0.2) is 0 Å². The zero-order chi connectivity index (χ0) is 36.1. The molecule has 0 saturated carbocycles. The van der Waals surface area contributed by atoms with E-state index in [1.807, 2.05) is 30.3 Å². The van der Waals surface area contributed by atoms with Crippen LogP contribution >= 0.6 is 0 Å². The number of aromatic nitrogens is 2. The highest BCUT2D eigenvalue weighted by molar-refractivity contribution is 5.95. The van der Waals surface area contributed by atoms with Gasteiger partial charge in [0.25, 0.3) is 5.91 Å². The van der Waals surface area contributed by atoms with Crippen LogP contribution < -0.4 is 4.90 Å². The maximum Gasteiger partial charge on any atom is 0.490 e. The Morgan fingerprint density at radius 2 is 1.38 bits per heavy atom. The van der Waals surface area contributed by atoms with Crippen molar-refractivity contribution in [3.05, 3.63) is 54.6 Å². The molecule has 262 valence electrons. The van der Waals surface area contributed by atoms with Crippen molar-refractivity contribution < 1.29 is 83.5 Å². The van der Waals surface area contributed by atoms with Crippen LogP contribution in [0.4, 0.5) is 45.2 Å². The molecule has 1 amide bonds. The van der Waals surface area contributed by atoms with Crippen molar-refractivity contribution in [2.45, 2.75) is 30.7 Å². The molecule has 0 bridgehead atoms. The van der Waals surface area contributed by atoms with Crippen molar-refractivity contribution in [3.63, 3.8) is 0 Å². The largest absolute Gasteiger partial charge is 0.490 e. The second-order valence-electron chi connectivity index (χ2n) is 9.16. The first-order valence-corrected chi connectivity index (χ1v) is 12.5. The Morgan fingerprint density at radius 3 is 1.83 bits per heavy atom. The van der Waals surface area contributed by atoms with Gasteiger partial charge in [-0.1, -0.05) is 6.07 Å². The van der Waals surface area contributed by atoms with Crippen LogP contribution in [0, 0.1) is 0 Å². The number of morpholine rings is 1. The van der Waals surface area contributed by atoms with E-state index in [0.717, 1.165) is 24.5 Å². The number of pyridine rings is 2. The lowest BCUT2D eigenvalue weighted by Crippen LogP contribution is -2.60.